The van der Waals surface area contributed by atoms with Gasteiger partial charge in [-0.25, -0.2) is 17.7 Å². The zero-order chi connectivity index (χ0) is 18.9. The van der Waals surface area contributed by atoms with Gasteiger partial charge in [0.05, 0.1) is 22.1 Å². The van der Waals surface area contributed by atoms with E-state index in [1.54, 1.807) is 30.5 Å². The molecule has 26 heavy (non-hydrogen) atoms. The van der Waals surface area contributed by atoms with Crippen molar-refractivity contribution in [1.82, 2.24) is 24.1 Å². The lowest BCUT2D eigenvalue weighted by molar-refractivity contribution is -0.116. The molecule has 0 unspecified atom stereocenters. The van der Waals surface area contributed by atoms with E-state index in [1.807, 2.05) is 11.6 Å². The maximum absolute atomic E-state index is 12.3. The van der Waals surface area contributed by atoms with E-state index in [0.717, 1.165) is 9.82 Å². The Morgan fingerprint density at radius 2 is 2.08 bits per heavy atom. The van der Waals surface area contributed by atoms with Crippen LogP contribution in [0, 0.1) is 0 Å². The molecule has 0 radical (unpaired) electrons. The zero-order valence-corrected chi connectivity index (χ0v) is 15.5. The first-order valence-corrected chi connectivity index (χ1v) is 9.40. The minimum Gasteiger partial charge on any atom is -0.331 e. The Bertz CT molecular complexity index is 1040. The topological polar surface area (TPSA) is 113 Å². The number of nitrogens with zero attached hydrogens (tertiary/aromatic N) is 4. The number of hydrogen-bond donors (Lipinski definition) is 2. The Morgan fingerprint density at radius 1 is 1.31 bits per heavy atom. The lowest BCUT2D eigenvalue weighted by atomic mass is 10.3. The van der Waals surface area contributed by atoms with Crippen molar-refractivity contribution in [1.29, 1.82) is 0 Å². The number of carbonyl (C=O) groups excluding carboxylic acids is 1. The molecule has 1 amide bonds. The second-order valence-electron chi connectivity index (χ2n) is 6.04. The standard InChI is InChI=1S/C16H20N6O3S/c1-21(2)26(24,25)11-4-5-13-12(10-11)18-15(22(13)3)6-7-16(23)19-14-8-9-17-20-14/h4-5,8-10H,6-7H2,1-3H3,(H2,17,19,20,23). The fourth-order valence-electron chi connectivity index (χ4n) is 2.59. The van der Waals surface area contributed by atoms with Crippen molar-refractivity contribution >= 4 is 32.8 Å². The Balaban J connectivity index is 1.79. The number of aryl methyl sites for hydroxylation is 2. The van der Waals surface area contributed by atoms with Crippen molar-refractivity contribution in [2.45, 2.75) is 17.7 Å². The molecule has 2 N–H and O–H groups in total. The summed E-state index contributed by atoms with van der Waals surface area (Å²) in [5.74, 6) is 1.09. The van der Waals surface area contributed by atoms with Crippen LogP contribution in [0.4, 0.5) is 5.82 Å². The molecular weight excluding hydrogens is 356 g/mol. The van der Waals surface area contributed by atoms with Gasteiger partial charge in [-0.1, -0.05) is 0 Å². The molecule has 0 fully saturated rings. The summed E-state index contributed by atoms with van der Waals surface area (Å²) in [5, 5.41) is 9.14. The second kappa shape index (κ2) is 6.89. The highest BCUT2D eigenvalue weighted by Gasteiger charge is 2.19. The van der Waals surface area contributed by atoms with Crippen LogP contribution in [0.3, 0.4) is 0 Å². The molecule has 138 valence electrons. The molecule has 2 aromatic heterocycles. The Labute approximate surface area is 151 Å². The fraction of sp³-hybridized carbons (Fsp3) is 0.312. The lowest BCUT2D eigenvalue weighted by Crippen LogP contribution is -2.22. The van der Waals surface area contributed by atoms with Gasteiger partial charge in [0.25, 0.3) is 0 Å². The summed E-state index contributed by atoms with van der Waals surface area (Å²) in [6, 6.07) is 6.51. The molecule has 0 aliphatic heterocycles. The minimum atomic E-state index is -3.52. The smallest absolute Gasteiger partial charge is 0.242 e. The maximum Gasteiger partial charge on any atom is 0.242 e. The fourth-order valence-corrected chi connectivity index (χ4v) is 3.51. The molecule has 0 bridgehead atoms. The molecule has 3 aromatic rings. The van der Waals surface area contributed by atoms with E-state index in [0.29, 0.717) is 23.6 Å². The minimum absolute atomic E-state index is 0.155. The number of carbonyl (C=O) groups is 1. The predicted molar refractivity (Wildman–Crippen MR) is 97.1 cm³/mol. The van der Waals surface area contributed by atoms with Crippen LogP contribution in [0.15, 0.2) is 35.4 Å². The van der Waals surface area contributed by atoms with Gasteiger partial charge in [0, 0.05) is 40.1 Å². The van der Waals surface area contributed by atoms with E-state index >= 15 is 0 Å². The number of fused-ring (bicyclic) bond motifs is 1. The third-order valence-electron chi connectivity index (χ3n) is 4.07. The predicted octanol–water partition coefficient (Wildman–Crippen LogP) is 1.12. The highest BCUT2D eigenvalue weighted by molar-refractivity contribution is 7.89. The number of imidazole rings is 1. The molecule has 2 heterocycles. The summed E-state index contributed by atoms with van der Waals surface area (Å²) in [6.45, 7) is 0. The third kappa shape index (κ3) is 3.46. The monoisotopic (exact) mass is 376 g/mol. The Hall–Kier alpha value is -2.72. The van der Waals surface area contributed by atoms with Gasteiger partial charge in [-0.05, 0) is 18.2 Å². The number of nitrogens with one attached hydrogen (secondary N) is 2. The van der Waals surface area contributed by atoms with Crippen molar-refractivity contribution in [2.24, 2.45) is 7.05 Å². The summed E-state index contributed by atoms with van der Waals surface area (Å²) in [4.78, 5) is 16.7. The average Bonchev–Trinajstić information content (AvgIpc) is 3.20. The molecule has 0 saturated carbocycles. The van der Waals surface area contributed by atoms with Crippen LogP contribution in [0.25, 0.3) is 11.0 Å². The number of benzene rings is 1. The van der Waals surface area contributed by atoms with Gasteiger partial charge in [-0.15, -0.1) is 0 Å². The largest absolute Gasteiger partial charge is 0.331 e. The molecular formula is C16H20N6O3S. The first-order valence-electron chi connectivity index (χ1n) is 7.96. The highest BCUT2D eigenvalue weighted by Crippen LogP contribution is 2.21. The van der Waals surface area contributed by atoms with Gasteiger partial charge in [0.1, 0.15) is 11.6 Å². The van der Waals surface area contributed by atoms with Gasteiger partial charge < -0.3 is 9.88 Å². The summed E-state index contributed by atoms with van der Waals surface area (Å²) in [6.07, 6.45) is 2.24. The summed E-state index contributed by atoms with van der Waals surface area (Å²) in [7, 11) is 1.30. The molecule has 1 aromatic carbocycles. The van der Waals surface area contributed by atoms with Gasteiger partial charge in [0.2, 0.25) is 15.9 Å². The van der Waals surface area contributed by atoms with E-state index in [9.17, 15) is 13.2 Å². The molecule has 0 aliphatic carbocycles. The number of rotatable bonds is 6. The first-order chi connectivity index (χ1) is 12.3. The average molecular weight is 376 g/mol. The van der Waals surface area contributed by atoms with Crippen molar-refractivity contribution < 1.29 is 13.2 Å². The molecule has 9 nitrogen and oxygen atoms in total. The lowest BCUT2D eigenvalue weighted by Gasteiger charge is -2.10. The molecule has 0 atom stereocenters. The van der Waals surface area contributed by atoms with Crippen LogP contribution in [0.5, 0.6) is 0 Å². The first kappa shape index (κ1) is 18.1. The normalized spacial score (nSPS) is 12.0. The van der Waals surface area contributed by atoms with Crippen molar-refractivity contribution in [3.63, 3.8) is 0 Å². The van der Waals surface area contributed by atoms with Crippen molar-refractivity contribution in [3.8, 4) is 0 Å². The second-order valence-corrected chi connectivity index (χ2v) is 8.20. The van der Waals surface area contributed by atoms with Crippen LogP contribution >= 0.6 is 0 Å². The van der Waals surface area contributed by atoms with Gasteiger partial charge >= 0.3 is 0 Å². The quantitative estimate of drug-likeness (QED) is 0.669. The number of aromatic nitrogens is 4. The van der Waals surface area contributed by atoms with Gasteiger partial charge in [0.15, 0.2) is 0 Å². The molecule has 0 saturated heterocycles. The summed E-state index contributed by atoms with van der Waals surface area (Å²) < 4.78 is 27.6. The molecule has 0 spiro atoms. The highest BCUT2D eigenvalue weighted by atomic mass is 32.2. The SMILES string of the molecule is CN(C)S(=O)(=O)c1ccc2c(c1)nc(CCC(=O)Nc1ccn[nH]1)n2C. The number of aromatic amines is 1. The van der Waals surface area contributed by atoms with E-state index in [4.69, 9.17) is 0 Å². The van der Waals surface area contributed by atoms with E-state index in [2.05, 4.69) is 20.5 Å². The Morgan fingerprint density at radius 3 is 2.73 bits per heavy atom. The molecule has 10 heteroatoms. The summed E-state index contributed by atoms with van der Waals surface area (Å²) in [5.41, 5.74) is 1.39. The van der Waals surface area contributed by atoms with Crippen LogP contribution in [-0.2, 0) is 28.3 Å². The van der Waals surface area contributed by atoms with E-state index < -0.39 is 10.0 Å². The van der Waals surface area contributed by atoms with Crippen LogP contribution < -0.4 is 5.32 Å². The maximum atomic E-state index is 12.3. The van der Waals surface area contributed by atoms with Crippen molar-refractivity contribution in [3.05, 3.63) is 36.3 Å². The molecule has 0 aliphatic rings. The van der Waals surface area contributed by atoms with Crippen molar-refractivity contribution in [2.75, 3.05) is 19.4 Å². The number of sulfonamides is 1. The van der Waals surface area contributed by atoms with E-state index in [-0.39, 0.29) is 17.2 Å². The number of anilines is 1. The van der Waals surface area contributed by atoms with Gasteiger partial charge in [-0.3, -0.25) is 9.89 Å². The Kier molecular flexibility index (Phi) is 4.79. The van der Waals surface area contributed by atoms with Crippen LogP contribution in [0.2, 0.25) is 0 Å². The van der Waals surface area contributed by atoms with Crippen LogP contribution in [0.1, 0.15) is 12.2 Å². The number of amides is 1. The zero-order valence-electron chi connectivity index (χ0n) is 14.7. The number of H-pyrrole nitrogens is 1. The summed E-state index contributed by atoms with van der Waals surface area (Å²) >= 11 is 0. The van der Waals surface area contributed by atoms with E-state index in [1.165, 1.54) is 14.1 Å². The third-order valence-corrected chi connectivity index (χ3v) is 5.89. The van der Waals surface area contributed by atoms with Gasteiger partial charge in [-0.2, -0.15) is 5.10 Å². The molecule has 3 rings (SSSR count). The number of hydrogen-bond acceptors (Lipinski definition) is 5. The van der Waals surface area contributed by atoms with Crippen LogP contribution in [-0.4, -0.2) is 52.5 Å².